The number of hydrogen-bond acceptors (Lipinski definition) is 6. The van der Waals surface area contributed by atoms with Crippen LogP contribution in [0.5, 0.6) is 0 Å². The van der Waals surface area contributed by atoms with E-state index in [1.54, 1.807) is 36.4 Å². The van der Waals surface area contributed by atoms with E-state index in [4.69, 9.17) is 0 Å². The molecule has 34 heavy (non-hydrogen) atoms. The maximum Gasteiger partial charge on any atom is 0.439 e. The van der Waals surface area contributed by atoms with Gasteiger partial charge in [-0.15, -0.1) is 0 Å². The number of aromatic nitrogens is 2. The molecule has 2 heterocycles. The number of carbonyl (C=O) groups is 1. The highest BCUT2D eigenvalue weighted by molar-refractivity contribution is 7.89. The maximum atomic E-state index is 13.2. The number of carbonyl (C=O) groups excluding carboxylic acids is 1. The lowest BCUT2D eigenvalue weighted by Gasteiger charge is -2.30. The van der Waals surface area contributed by atoms with Crippen LogP contribution in [0.2, 0.25) is 0 Å². The Balaban J connectivity index is 1.24. The number of amides is 1. The Bertz CT molecular complexity index is 1520. The Morgan fingerprint density at radius 1 is 1.00 bits per heavy atom. The second-order valence-electron chi connectivity index (χ2n) is 8.20. The van der Waals surface area contributed by atoms with Crippen LogP contribution in [-0.2, 0) is 14.8 Å². The van der Waals surface area contributed by atoms with Gasteiger partial charge in [-0.2, -0.15) is 4.31 Å². The molecule has 0 atom stereocenters. The number of H-pyrrole nitrogens is 1. The molecular weight excluding hydrogens is 456 g/mol. The number of rotatable bonds is 5. The minimum absolute atomic E-state index is 0.173. The van der Waals surface area contributed by atoms with Crippen molar-refractivity contribution in [2.45, 2.75) is 17.7 Å². The van der Waals surface area contributed by atoms with Gasteiger partial charge >= 0.3 is 5.76 Å². The molecule has 0 aliphatic carbocycles. The molecule has 1 amide bonds. The molecule has 1 aliphatic heterocycles. The summed E-state index contributed by atoms with van der Waals surface area (Å²) in [6.45, 7) is 0.543. The van der Waals surface area contributed by atoms with Gasteiger partial charge in [-0.05, 0) is 47.9 Å². The second kappa shape index (κ2) is 8.88. The van der Waals surface area contributed by atoms with Gasteiger partial charge < -0.3 is 5.32 Å². The summed E-state index contributed by atoms with van der Waals surface area (Å²) < 4.78 is 32.3. The van der Waals surface area contributed by atoms with Crippen molar-refractivity contribution in [1.29, 1.82) is 0 Å². The number of fused-ring (bicyclic) bond motifs is 1. The Morgan fingerprint density at radius 3 is 2.50 bits per heavy atom. The molecule has 0 unspecified atom stereocenters. The first kappa shape index (κ1) is 22.1. The lowest BCUT2D eigenvalue weighted by Crippen LogP contribution is -2.41. The summed E-state index contributed by atoms with van der Waals surface area (Å²) in [7, 11) is -3.64. The number of benzene rings is 3. The minimum Gasteiger partial charge on any atom is -0.326 e. The summed E-state index contributed by atoms with van der Waals surface area (Å²) >= 11 is 0. The van der Waals surface area contributed by atoms with Gasteiger partial charge in [0.1, 0.15) is 0 Å². The number of anilines is 1. The second-order valence-corrected chi connectivity index (χ2v) is 10.1. The standard InChI is InChI=1S/C24H22N4O5S/c29-23(25-20-7-3-6-19(14-20)22-26-24(30)33-27-22)17-10-12-28(13-11-17)34(31,32)21-9-8-16-4-1-2-5-18(16)15-21/h1-9,14-15,17H,10-13H2,(H,25,29)(H,26,27,30). The molecule has 10 heteroatoms. The highest BCUT2D eigenvalue weighted by atomic mass is 32.2. The molecule has 0 radical (unpaired) electrons. The van der Waals surface area contributed by atoms with Gasteiger partial charge in [0.05, 0.1) is 4.90 Å². The van der Waals surface area contributed by atoms with Crippen molar-refractivity contribution in [2.75, 3.05) is 18.4 Å². The third-order valence-electron chi connectivity index (χ3n) is 6.03. The van der Waals surface area contributed by atoms with E-state index in [0.717, 1.165) is 10.8 Å². The zero-order valence-corrected chi connectivity index (χ0v) is 18.9. The number of nitrogens with one attached hydrogen (secondary N) is 2. The molecule has 0 saturated carbocycles. The monoisotopic (exact) mass is 478 g/mol. The largest absolute Gasteiger partial charge is 0.439 e. The highest BCUT2D eigenvalue weighted by Gasteiger charge is 2.32. The van der Waals surface area contributed by atoms with E-state index in [1.165, 1.54) is 4.31 Å². The van der Waals surface area contributed by atoms with E-state index >= 15 is 0 Å². The molecule has 174 valence electrons. The van der Waals surface area contributed by atoms with Crippen LogP contribution < -0.4 is 11.1 Å². The number of nitrogens with zero attached hydrogens (tertiary/aromatic N) is 2. The van der Waals surface area contributed by atoms with Gasteiger partial charge in [0.25, 0.3) is 0 Å². The lowest BCUT2D eigenvalue weighted by atomic mass is 9.97. The lowest BCUT2D eigenvalue weighted by molar-refractivity contribution is -0.120. The fourth-order valence-electron chi connectivity index (χ4n) is 4.18. The van der Waals surface area contributed by atoms with E-state index in [9.17, 15) is 18.0 Å². The summed E-state index contributed by atoms with van der Waals surface area (Å²) in [6, 6.07) is 19.6. The van der Waals surface area contributed by atoms with Gasteiger partial charge in [-0.1, -0.05) is 47.6 Å². The Kier molecular flexibility index (Phi) is 5.76. The minimum atomic E-state index is -3.64. The summed E-state index contributed by atoms with van der Waals surface area (Å²) in [4.78, 5) is 26.7. The van der Waals surface area contributed by atoms with Crippen molar-refractivity contribution in [3.63, 3.8) is 0 Å². The SMILES string of the molecule is O=C(Nc1cccc(-c2noc(=O)[nH]2)c1)C1CCN(S(=O)(=O)c2ccc3ccccc3c2)CC1. The average Bonchev–Trinajstić information content (AvgIpc) is 3.30. The van der Waals surface area contributed by atoms with Crippen LogP contribution in [0.1, 0.15) is 12.8 Å². The van der Waals surface area contributed by atoms with Crippen LogP contribution in [0.15, 0.2) is 80.9 Å². The molecule has 1 fully saturated rings. The summed E-state index contributed by atoms with van der Waals surface area (Å²) in [6.07, 6.45) is 0.851. The predicted molar refractivity (Wildman–Crippen MR) is 127 cm³/mol. The smallest absolute Gasteiger partial charge is 0.326 e. The zero-order chi connectivity index (χ0) is 23.7. The maximum absolute atomic E-state index is 13.2. The normalized spacial score (nSPS) is 15.4. The third-order valence-corrected chi connectivity index (χ3v) is 7.92. The summed E-state index contributed by atoms with van der Waals surface area (Å²) in [5.41, 5.74) is 1.15. The Hall–Kier alpha value is -3.76. The van der Waals surface area contributed by atoms with Gasteiger partial charge in [-0.25, -0.2) is 13.2 Å². The molecule has 2 N–H and O–H groups in total. The van der Waals surface area contributed by atoms with Crippen LogP contribution >= 0.6 is 0 Å². The summed E-state index contributed by atoms with van der Waals surface area (Å²) in [5.74, 6) is -0.865. The molecule has 1 saturated heterocycles. The highest BCUT2D eigenvalue weighted by Crippen LogP contribution is 2.27. The van der Waals surface area contributed by atoms with E-state index < -0.39 is 15.8 Å². The molecule has 9 nitrogen and oxygen atoms in total. The fourth-order valence-corrected chi connectivity index (χ4v) is 5.68. The predicted octanol–water partition coefficient (Wildman–Crippen LogP) is 3.22. The topological polar surface area (TPSA) is 125 Å². The van der Waals surface area contributed by atoms with E-state index in [1.807, 2.05) is 30.3 Å². The van der Waals surface area contributed by atoms with Gasteiger partial charge in [0, 0.05) is 30.3 Å². The number of hydrogen-bond donors (Lipinski definition) is 2. The first-order valence-corrected chi connectivity index (χ1v) is 12.3. The van der Waals surface area contributed by atoms with Crippen LogP contribution in [-0.4, -0.2) is 41.9 Å². The zero-order valence-electron chi connectivity index (χ0n) is 18.1. The van der Waals surface area contributed by atoms with Crippen molar-refractivity contribution in [3.8, 4) is 11.4 Å². The van der Waals surface area contributed by atoms with E-state index in [0.29, 0.717) is 24.1 Å². The molecule has 1 aliphatic rings. The van der Waals surface area contributed by atoms with Crippen LogP contribution in [0.25, 0.3) is 22.2 Å². The molecule has 0 bridgehead atoms. The quantitative estimate of drug-likeness (QED) is 0.454. The van der Waals surface area contributed by atoms with Crippen molar-refractivity contribution in [2.24, 2.45) is 5.92 Å². The van der Waals surface area contributed by atoms with Crippen molar-refractivity contribution < 1.29 is 17.7 Å². The molecular formula is C24H22N4O5S. The molecule has 1 aromatic heterocycles. The van der Waals surface area contributed by atoms with Crippen molar-refractivity contribution in [3.05, 3.63) is 77.3 Å². The Labute approximate surface area is 195 Å². The molecule has 5 rings (SSSR count). The van der Waals surface area contributed by atoms with E-state index in [2.05, 4.69) is 20.0 Å². The average molecular weight is 479 g/mol. The van der Waals surface area contributed by atoms with Crippen LogP contribution in [0.3, 0.4) is 0 Å². The van der Waals surface area contributed by atoms with Crippen molar-refractivity contribution >= 4 is 32.4 Å². The number of sulfonamides is 1. The first-order chi connectivity index (χ1) is 16.4. The first-order valence-electron chi connectivity index (χ1n) is 10.9. The Morgan fingerprint density at radius 2 is 1.76 bits per heavy atom. The number of aromatic amines is 1. The summed E-state index contributed by atoms with van der Waals surface area (Å²) in [5, 5.41) is 8.38. The van der Waals surface area contributed by atoms with Crippen LogP contribution in [0.4, 0.5) is 5.69 Å². The van der Waals surface area contributed by atoms with Gasteiger partial charge in [-0.3, -0.25) is 14.3 Å². The van der Waals surface area contributed by atoms with Crippen molar-refractivity contribution in [1.82, 2.24) is 14.4 Å². The third kappa shape index (κ3) is 4.37. The van der Waals surface area contributed by atoms with Gasteiger partial charge in [0.2, 0.25) is 15.9 Å². The van der Waals surface area contributed by atoms with Crippen LogP contribution in [0, 0.1) is 5.92 Å². The fraction of sp³-hybridized carbons (Fsp3) is 0.208. The number of piperidine rings is 1. The molecule has 4 aromatic rings. The van der Waals surface area contributed by atoms with Gasteiger partial charge in [0.15, 0.2) is 5.82 Å². The molecule has 0 spiro atoms. The molecule has 3 aromatic carbocycles. The van der Waals surface area contributed by atoms with E-state index in [-0.39, 0.29) is 35.6 Å².